The normalized spacial score (nSPS) is 16.7. The molecule has 0 aromatic carbocycles. The second kappa shape index (κ2) is 18.3. The number of carboxylic acid groups (broad SMARTS) is 1. The Morgan fingerprint density at radius 2 is 1.67 bits per heavy atom. The molecule has 1 unspecified atom stereocenters. The summed E-state index contributed by atoms with van der Waals surface area (Å²) in [7, 11) is 1.58. The molecule has 4 N–H and O–H groups in total. The topological polar surface area (TPSA) is 128 Å². The summed E-state index contributed by atoms with van der Waals surface area (Å²) in [5.41, 5.74) is 7.42. The summed E-state index contributed by atoms with van der Waals surface area (Å²) in [6.45, 7) is 11.0. The van der Waals surface area contributed by atoms with Gasteiger partial charge in [-0.2, -0.15) is 0 Å². The molecule has 0 radical (unpaired) electrons. The predicted octanol–water partition coefficient (Wildman–Crippen LogP) is 6.14. The van der Waals surface area contributed by atoms with Gasteiger partial charge < -0.3 is 20.3 Å². The number of ketones is 1. The monoisotopic (exact) mass is 506 g/mol. The van der Waals surface area contributed by atoms with Gasteiger partial charge in [-0.3, -0.25) is 14.9 Å². The number of aliphatic carboxylic acids is 1. The third-order valence-electron chi connectivity index (χ3n) is 5.77. The molecule has 1 aliphatic rings. The number of ether oxygens (including phenoxy) is 2. The Kier molecular flexibility index (Phi) is 16.7. The number of alkyl carbamates (subject to hydrolysis) is 1. The number of hydrogen-bond donors (Lipinski definition) is 3. The molecule has 0 aromatic rings. The molecule has 1 fully saturated rings. The van der Waals surface area contributed by atoms with Crippen LogP contribution in [-0.2, 0) is 19.1 Å². The summed E-state index contributed by atoms with van der Waals surface area (Å²) < 4.78 is 10.6. The highest BCUT2D eigenvalue weighted by molar-refractivity contribution is 6.09. The van der Waals surface area contributed by atoms with Gasteiger partial charge in [0.25, 0.3) is 0 Å². The molecule has 0 aromatic heterocycles. The lowest BCUT2D eigenvalue weighted by Gasteiger charge is -2.16. The number of amides is 1. The first kappa shape index (κ1) is 33.0. The molecule has 0 bridgehead atoms. The van der Waals surface area contributed by atoms with Crippen LogP contribution in [0.4, 0.5) is 4.79 Å². The highest BCUT2D eigenvalue weighted by Crippen LogP contribution is 2.23. The largest absolute Gasteiger partial charge is 0.497 e. The summed E-state index contributed by atoms with van der Waals surface area (Å²) in [6.07, 6.45) is 12.2. The molecular formula is C28H46N2O6. The standard InChI is InChI=1S/C21H34N2O4.C7H12O2/c1-8-10-14(3)18(26-7)13-12-15(4)20(24)19(17(6)22)23-21(25)27-16(5)11-9-2;8-7(9)6-4-2-1-3-5-6/h10,12-13,16H,8-9,11,22H2,1-7H3,(H,23,25);6H,1-5H2,(H,8,9)/b14-10+,15-12+,18-13+,19-17+;. The number of Topliss-reactive ketones (excluding diaryl/α,β-unsaturated/α-hetero) is 1. The molecule has 36 heavy (non-hydrogen) atoms. The van der Waals surface area contributed by atoms with Crippen molar-refractivity contribution in [3.05, 3.63) is 46.5 Å². The predicted molar refractivity (Wildman–Crippen MR) is 143 cm³/mol. The van der Waals surface area contributed by atoms with Crippen LogP contribution in [-0.4, -0.2) is 36.2 Å². The smallest absolute Gasteiger partial charge is 0.412 e. The number of hydrogen-bond acceptors (Lipinski definition) is 6. The second-order valence-corrected chi connectivity index (χ2v) is 9.07. The Hall–Kier alpha value is -3.03. The lowest BCUT2D eigenvalue weighted by molar-refractivity contribution is -0.142. The Labute approximate surface area is 216 Å². The number of nitrogens with two attached hydrogens (primary N) is 1. The summed E-state index contributed by atoms with van der Waals surface area (Å²) in [6, 6.07) is 0. The van der Waals surface area contributed by atoms with Crippen LogP contribution in [0.15, 0.2) is 46.5 Å². The molecule has 1 aliphatic carbocycles. The molecule has 1 atom stereocenters. The molecular weight excluding hydrogens is 460 g/mol. The maximum Gasteiger partial charge on any atom is 0.412 e. The van der Waals surface area contributed by atoms with Crippen LogP contribution in [0.5, 0.6) is 0 Å². The van der Waals surface area contributed by atoms with Crippen LogP contribution in [0.2, 0.25) is 0 Å². The number of carboxylic acids is 1. The third-order valence-corrected chi connectivity index (χ3v) is 5.77. The quantitative estimate of drug-likeness (QED) is 0.174. The SMILES string of the molecule is CC/C=C(C)/C(=C\C=C(/C)C(=O)/C(NC(=O)OC(C)CCC)=C(/C)N)OC.O=C(O)C1CCCCC1. The van der Waals surface area contributed by atoms with Gasteiger partial charge in [-0.25, -0.2) is 4.79 Å². The minimum absolute atomic E-state index is 0.0191. The number of carbonyl (C=O) groups is 3. The molecule has 0 saturated heterocycles. The van der Waals surface area contributed by atoms with Crippen molar-refractivity contribution in [3.8, 4) is 0 Å². The minimum Gasteiger partial charge on any atom is -0.497 e. The summed E-state index contributed by atoms with van der Waals surface area (Å²) in [5, 5.41) is 11.0. The summed E-state index contributed by atoms with van der Waals surface area (Å²) >= 11 is 0. The van der Waals surface area contributed by atoms with Gasteiger partial charge in [0, 0.05) is 5.70 Å². The second-order valence-electron chi connectivity index (χ2n) is 9.07. The van der Waals surface area contributed by atoms with Gasteiger partial charge in [0.05, 0.1) is 13.0 Å². The Bertz CT molecular complexity index is 844. The zero-order valence-electron chi connectivity index (χ0n) is 23.1. The Morgan fingerprint density at radius 3 is 2.11 bits per heavy atom. The van der Waals surface area contributed by atoms with Crippen LogP contribution in [0.1, 0.15) is 92.9 Å². The van der Waals surface area contributed by atoms with E-state index in [9.17, 15) is 14.4 Å². The first-order chi connectivity index (χ1) is 17.0. The van der Waals surface area contributed by atoms with E-state index in [0.717, 1.165) is 50.5 Å². The zero-order valence-corrected chi connectivity index (χ0v) is 23.1. The Balaban J connectivity index is 0.00000113. The molecule has 1 rings (SSSR count). The summed E-state index contributed by atoms with van der Waals surface area (Å²) in [5.74, 6) is -0.341. The lowest BCUT2D eigenvalue weighted by Crippen LogP contribution is -2.32. The minimum atomic E-state index is -0.688. The fourth-order valence-corrected chi connectivity index (χ4v) is 3.70. The molecule has 0 spiro atoms. The van der Waals surface area contributed by atoms with Gasteiger partial charge in [0.15, 0.2) is 0 Å². The van der Waals surface area contributed by atoms with Crippen LogP contribution in [0.3, 0.4) is 0 Å². The number of rotatable bonds is 11. The van der Waals surface area contributed by atoms with Crippen molar-refractivity contribution in [1.82, 2.24) is 5.32 Å². The highest BCUT2D eigenvalue weighted by atomic mass is 16.6. The van der Waals surface area contributed by atoms with E-state index in [4.69, 9.17) is 20.3 Å². The van der Waals surface area contributed by atoms with Crippen molar-refractivity contribution in [3.63, 3.8) is 0 Å². The Morgan fingerprint density at radius 1 is 1.06 bits per heavy atom. The average molecular weight is 507 g/mol. The van der Waals surface area contributed by atoms with Crippen LogP contribution < -0.4 is 11.1 Å². The van der Waals surface area contributed by atoms with Gasteiger partial charge in [-0.1, -0.05) is 51.7 Å². The third kappa shape index (κ3) is 13.2. The maximum atomic E-state index is 12.7. The van der Waals surface area contributed by atoms with Gasteiger partial charge in [-0.15, -0.1) is 0 Å². The van der Waals surface area contributed by atoms with Gasteiger partial charge in [-0.05, 0) is 70.6 Å². The fourth-order valence-electron chi connectivity index (χ4n) is 3.70. The lowest BCUT2D eigenvalue weighted by atomic mass is 9.90. The molecule has 0 heterocycles. The molecule has 0 aliphatic heterocycles. The molecule has 1 saturated carbocycles. The van der Waals surface area contributed by atoms with E-state index in [1.165, 1.54) is 6.42 Å². The first-order valence-electron chi connectivity index (χ1n) is 12.8. The fraction of sp³-hybridized carbons (Fsp3) is 0.607. The van der Waals surface area contributed by atoms with Gasteiger partial charge >= 0.3 is 12.1 Å². The van der Waals surface area contributed by atoms with E-state index in [-0.39, 0.29) is 29.2 Å². The van der Waals surface area contributed by atoms with Gasteiger partial charge in [0.1, 0.15) is 17.6 Å². The van der Waals surface area contributed by atoms with E-state index in [2.05, 4.69) is 5.32 Å². The van der Waals surface area contributed by atoms with Crippen LogP contribution >= 0.6 is 0 Å². The molecule has 8 nitrogen and oxygen atoms in total. The van der Waals surface area contributed by atoms with Gasteiger partial charge in [0.2, 0.25) is 5.78 Å². The van der Waals surface area contributed by atoms with Crippen molar-refractivity contribution in [1.29, 1.82) is 0 Å². The molecule has 1 amide bonds. The number of allylic oxidation sites excluding steroid dienone is 6. The summed E-state index contributed by atoms with van der Waals surface area (Å²) in [4.78, 5) is 35.0. The van der Waals surface area contributed by atoms with E-state index in [0.29, 0.717) is 11.3 Å². The van der Waals surface area contributed by atoms with Crippen LogP contribution in [0.25, 0.3) is 0 Å². The van der Waals surface area contributed by atoms with Crippen LogP contribution in [0, 0.1) is 5.92 Å². The van der Waals surface area contributed by atoms with Crippen molar-refractivity contribution >= 4 is 17.8 Å². The van der Waals surface area contributed by atoms with E-state index in [1.54, 1.807) is 40.0 Å². The first-order valence-corrected chi connectivity index (χ1v) is 12.8. The number of methoxy groups -OCH3 is 1. The maximum absolute atomic E-state index is 12.7. The number of carbonyl (C=O) groups excluding carboxylic acids is 2. The zero-order chi connectivity index (χ0) is 27.7. The van der Waals surface area contributed by atoms with E-state index >= 15 is 0 Å². The average Bonchev–Trinajstić information content (AvgIpc) is 2.83. The van der Waals surface area contributed by atoms with Crippen molar-refractivity contribution < 1.29 is 29.0 Å². The van der Waals surface area contributed by atoms with Crippen molar-refractivity contribution in [2.24, 2.45) is 11.7 Å². The number of nitrogens with one attached hydrogen (secondary N) is 1. The van der Waals surface area contributed by atoms with E-state index < -0.39 is 12.1 Å². The van der Waals surface area contributed by atoms with Crippen molar-refractivity contribution in [2.45, 2.75) is 99.0 Å². The van der Waals surface area contributed by atoms with Crippen molar-refractivity contribution in [2.75, 3.05) is 7.11 Å². The molecule has 8 heteroatoms. The highest BCUT2D eigenvalue weighted by Gasteiger charge is 2.20. The molecule has 204 valence electrons. The van der Waals surface area contributed by atoms with E-state index in [1.807, 2.05) is 26.8 Å².